The Labute approximate surface area is 385 Å². The van der Waals surface area contributed by atoms with Crippen LogP contribution in [0.3, 0.4) is 0 Å². The molecule has 4 aromatic rings. The Kier molecular flexibility index (Phi) is 15.6. The van der Waals surface area contributed by atoms with Crippen LogP contribution in [0.4, 0.5) is 0 Å². The van der Waals surface area contributed by atoms with E-state index in [4.69, 9.17) is 23.1 Å². The Morgan fingerprint density at radius 1 is 0.879 bits per heavy atom. The lowest BCUT2D eigenvalue weighted by Crippen LogP contribution is -2.56. The molecule has 0 spiro atoms. The fraction of sp³-hybridized carbons (Fsp3) is 0.340. The molecule has 2 aliphatic heterocycles. The number of benzene rings is 4. The number of likely N-dealkylation sites (tertiary alicyclic amines) is 1. The number of phenols is 2. The van der Waals surface area contributed by atoms with Gasteiger partial charge in [0.1, 0.15) is 41.7 Å². The number of halogens is 1. The van der Waals surface area contributed by atoms with Crippen LogP contribution in [0.1, 0.15) is 60.1 Å². The summed E-state index contributed by atoms with van der Waals surface area (Å²) in [5.41, 5.74) is 13.9. The lowest BCUT2D eigenvalue weighted by atomic mass is 9.93. The standard InChI is InChI=1S/C47H53ClN8O10/c1-25-43(62)54-35(45(64)51-24-39(60)56-20-18-38(59)41(56)42(50)61)22-26-6-16-36(57)32(21-26)33-23-30(13-17-37(33)58)40(46(65)52-25)55(2)47(66)34(5-3-4-19-49)53-44(63)29-9-7-27(8-10-29)28-11-14-31(48)15-12-28/h6-17,21,23,25,34-35,38,40-41,57-59H,3-5,18-20,22,24,49H2,1-2H3,(H2,50,61)(H,51,64)(H,52,65)(H,53,63)(H,54,62)/t25-,34-,35-,38-,40-,41-/m0/s1. The molecule has 4 bridgehead atoms. The van der Waals surface area contributed by atoms with Crippen molar-refractivity contribution in [3.8, 4) is 33.8 Å². The first-order chi connectivity index (χ1) is 31.5. The van der Waals surface area contributed by atoms with Crippen molar-refractivity contribution in [2.45, 2.75) is 75.3 Å². The van der Waals surface area contributed by atoms with E-state index < -0.39 is 84.2 Å². The Morgan fingerprint density at radius 2 is 1.52 bits per heavy atom. The van der Waals surface area contributed by atoms with E-state index in [0.717, 1.165) is 20.9 Å². The fourth-order valence-corrected chi connectivity index (χ4v) is 8.25. The molecule has 0 aliphatic carbocycles. The van der Waals surface area contributed by atoms with E-state index in [1.807, 2.05) is 12.1 Å². The Balaban J connectivity index is 1.28. The van der Waals surface area contributed by atoms with Crippen molar-refractivity contribution in [2.75, 3.05) is 26.7 Å². The molecule has 0 saturated carbocycles. The molecule has 18 nitrogen and oxygen atoms in total. The summed E-state index contributed by atoms with van der Waals surface area (Å²) in [6.07, 6.45) is -0.107. The largest absolute Gasteiger partial charge is 0.507 e. The molecule has 11 N–H and O–H groups in total. The molecule has 0 radical (unpaired) electrons. The minimum Gasteiger partial charge on any atom is -0.507 e. The number of hydrogen-bond donors (Lipinski definition) is 9. The van der Waals surface area contributed by atoms with E-state index in [9.17, 15) is 48.9 Å². The number of carbonyl (C=O) groups is 7. The summed E-state index contributed by atoms with van der Waals surface area (Å²) >= 11 is 6.05. The number of aliphatic hydroxyl groups is 1. The molecule has 2 aliphatic rings. The first kappa shape index (κ1) is 48.4. The van der Waals surface area contributed by atoms with Crippen LogP contribution in [-0.4, -0.2) is 123 Å². The van der Waals surface area contributed by atoms with Gasteiger partial charge in [-0.1, -0.05) is 48.0 Å². The summed E-state index contributed by atoms with van der Waals surface area (Å²) in [6.45, 7) is 1.11. The van der Waals surface area contributed by atoms with Gasteiger partial charge in [0.25, 0.3) is 5.91 Å². The minimum absolute atomic E-state index is 0.0252. The van der Waals surface area contributed by atoms with Crippen molar-refractivity contribution in [3.63, 3.8) is 0 Å². The van der Waals surface area contributed by atoms with Crippen LogP contribution < -0.4 is 32.7 Å². The number of nitrogens with two attached hydrogens (primary N) is 2. The van der Waals surface area contributed by atoms with Crippen LogP contribution >= 0.6 is 11.6 Å². The number of unbranched alkanes of at least 4 members (excludes halogenated alkanes) is 1. The number of fused-ring (bicyclic) bond motifs is 5. The van der Waals surface area contributed by atoms with Gasteiger partial charge in [0, 0.05) is 41.7 Å². The molecule has 0 unspecified atom stereocenters. The zero-order valence-corrected chi connectivity index (χ0v) is 37.1. The van der Waals surface area contributed by atoms with Crippen molar-refractivity contribution in [2.24, 2.45) is 11.5 Å². The van der Waals surface area contributed by atoms with Crippen molar-refractivity contribution in [1.29, 1.82) is 0 Å². The molecular weight excluding hydrogens is 872 g/mol. The number of hydrogen-bond acceptors (Lipinski definition) is 11. The highest BCUT2D eigenvalue weighted by atomic mass is 35.5. The van der Waals surface area contributed by atoms with E-state index in [0.29, 0.717) is 30.0 Å². The lowest BCUT2D eigenvalue weighted by Gasteiger charge is -2.32. The van der Waals surface area contributed by atoms with Gasteiger partial charge in [-0.3, -0.25) is 33.6 Å². The first-order valence-corrected chi connectivity index (χ1v) is 21.8. The predicted molar refractivity (Wildman–Crippen MR) is 243 cm³/mol. The smallest absolute Gasteiger partial charge is 0.251 e. The van der Waals surface area contributed by atoms with Gasteiger partial charge in [-0.2, -0.15) is 0 Å². The number of nitrogens with zero attached hydrogens (tertiary/aromatic N) is 2. The molecule has 1 saturated heterocycles. The van der Waals surface area contributed by atoms with E-state index in [-0.39, 0.29) is 59.6 Å². The molecule has 7 amide bonds. The summed E-state index contributed by atoms with van der Waals surface area (Å²) in [5, 5.41) is 43.6. The van der Waals surface area contributed by atoms with Crippen molar-refractivity contribution in [3.05, 3.63) is 107 Å². The normalized spacial score (nSPS) is 20.0. The summed E-state index contributed by atoms with van der Waals surface area (Å²) in [4.78, 5) is 97.5. The molecule has 6 rings (SSSR count). The monoisotopic (exact) mass is 924 g/mol. The maximum atomic E-state index is 14.6. The van der Waals surface area contributed by atoms with Gasteiger partial charge in [-0.05, 0) is 110 Å². The van der Waals surface area contributed by atoms with Gasteiger partial charge in [-0.25, -0.2) is 0 Å². The Hall–Kier alpha value is -7.02. The zero-order chi connectivity index (χ0) is 47.8. The topological polar surface area (TPSA) is 287 Å². The molecule has 19 heteroatoms. The van der Waals surface area contributed by atoms with E-state index >= 15 is 0 Å². The van der Waals surface area contributed by atoms with Crippen LogP contribution in [0, 0.1) is 0 Å². The number of primary amides is 1. The van der Waals surface area contributed by atoms with E-state index in [1.165, 1.54) is 50.4 Å². The summed E-state index contributed by atoms with van der Waals surface area (Å²) in [7, 11) is 1.37. The SMILES string of the molecule is C[C@@H]1NC(=O)[C@@H](N(C)C(=O)[C@H](CCCCN)NC(=O)c2ccc(-c3ccc(Cl)cc3)cc2)c2ccc(O)c(c2)-c2cc(ccc2O)C[C@@H](C(=O)NCC(=O)N2CC[C@H](O)[C@H]2C(N)=O)NC1=O. The average molecular weight is 925 g/mol. The van der Waals surface area contributed by atoms with Gasteiger partial charge in [0.2, 0.25) is 35.4 Å². The maximum absolute atomic E-state index is 14.6. The Morgan fingerprint density at radius 3 is 2.17 bits per heavy atom. The number of aromatic hydroxyl groups is 2. The fourth-order valence-electron chi connectivity index (χ4n) is 8.12. The van der Waals surface area contributed by atoms with Gasteiger partial charge in [0.15, 0.2) is 0 Å². The molecule has 6 atom stereocenters. The second-order valence-corrected chi connectivity index (χ2v) is 16.8. The average Bonchev–Trinajstić information content (AvgIpc) is 3.70. The maximum Gasteiger partial charge on any atom is 0.251 e. The lowest BCUT2D eigenvalue weighted by molar-refractivity contribution is -0.141. The molecule has 1 fully saturated rings. The highest BCUT2D eigenvalue weighted by Gasteiger charge is 2.40. The predicted octanol–water partition coefficient (Wildman–Crippen LogP) is 1.62. The quantitative estimate of drug-likeness (QED) is 0.0869. The second-order valence-electron chi connectivity index (χ2n) is 16.4. The van der Waals surface area contributed by atoms with Crippen molar-refractivity contribution >= 4 is 53.0 Å². The number of phenolic OH excluding ortho intramolecular Hbond substituents is 2. The van der Waals surface area contributed by atoms with E-state index in [2.05, 4.69) is 21.3 Å². The van der Waals surface area contributed by atoms with Gasteiger partial charge < -0.3 is 57.9 Å². The molecule has 348 valence electrons. The third-order valence-corrected chi connectivity index (χ3v) is 12.0. The second kappa shape index (κ2) is 21.3. The molecule has 66 heavy (non-hydrogen) atoms. The van der Waals surface area contributed by atoms with Crippen LogP contribution in [0.15, 0.2) is 84.9 Å². The van der Waals surface area contributed by atoms with Crippen molar-refractivity contribution in [1.82, 2.24) is 31.1 Å². The number of rotatable bonds is 13. The molecule has 0 aromatic heterocycles. The van der Waals surface area contributed by atoms with Crippen LogP contribution in [0.5, 0.6) is 11.5 Å². The number of carbonyl (C=O) groups excluding carboxylic acids is 7. The number of nitrogens with one attached hydrogen (secondary N) is 4. The van der Waals surface area contributed by atoms with Crippen LogP contribution in [0.25, 0.3) is 22.3 Å². The van der Waals surface area contributed by atoms with Crippen LogP contribution in [-0.2, 0) is 35.2 Å². The van der Waals surface area contributed by atoms with Gasteiger partial charge in [0.05, 0.1) is 12.6 Å². The molecular formula is C47H53ClN8O10. The first-order valence-electron chi connectivity index (χ1n) is 21.4. The van der Waals surface area contributed by atoms with E-state index in [1.54, 1.807) is 36.4 Å². The Bertz CT molecular complexity index is 2490. The third-order valence-electron chi connectivity index (χ3n) is 11.8. The van der Waals surface area contributed by atoms with Crippen molar-refractivity contribution < 1.29 is 48.9 Å². The summed E-state index contributed by atoms with van der Waals surface area (Å²) < 4.78 is 0. The molecule has 4 aromatic carbocycles. The molecule has 2 heterocycles. The third kappa shape index (κ3) is 11.3. The van der Waals surface area contributed by atoms with Gasteiger partial charge >= 0.3 is 0 Å². The minimum atomic E-state index is -1.48. The number of amides is 7. The van der Waals surface area contributed by atoms with Crippen LogP contribution in [0.2, 0.25) is 5.02 Å². The number of aliphatic hydroxyl groups excluding tert-OH is 1. The summed E-state index contributed by atoms with van der Waals surface area (Å²) in [6, 6.07) is 15.9. The zero-order valence-electron chi connectivity index (χ0n) is 36.3. The highest BCUT2D eigenvalue weighted by molar-refractivity contribution is 6.30. The summed E-state index contributed by atoms with van der Waals surface area (Å²) in [5.74, 6) is -5.86. The number of likely N-dealkylation sites (N-methyl/N-ethyl adjacent to an activating group) is 1. The highest BCUT2D eigenvalue weighted by Crippen LogP contribution is 2.39. The van der Waals surface area contributed by atoms with Gasteiger partial charge in [-0.15, -0.1) is 0 Å².